The molecule has 0 saturated carbocycles. The van der Waals surface area contributed by atoms with Crippen molar-refractivity contribution in [3.05, 3.63) is 23.2 Å². The Morgan fingerprint density at radius 3 is 2.79 bits per heavy atom. The molecule has 1 amide bonds. The highest BCUT2D eigenvalue weighted by Gasteiger charge is 2.32. The molecule has 1 aliphatic heterocycles. The molecule has 0 bridgehead atoms. The van der Waals surface area contributed by atoms with E-state index in [9.17, 15) is 4.79 Å². The molecule has 2 rings (SSSR count). The molecule has 0 aliphatic carbocycles. The van der Waals surface area contributed by atoms with Crippen LogP contribution in [0.25, 0.3) is 0 Å². The van der Waals surface area contributed by atoms with E-state index in [1.165, 1.54) is 0 Å². The quantitative estimate of drug-likeness (QED) is 0.922. The second kappa shape index (κ2) is 5.80. The molecule has 1 fully saturated rings. The smallest absolute Gasteiger partial charge is 0.244 e. The molecule has 5 heteroatoms. The van der Waals surface area contributed by atoms with Crippen LogP contribution in [0.1, 0.15) is 20.3 Å². The van der Waals surface area contributed by atoms with E-state index in [4.69, 9.17) is 16.3 Å². The van der Waals surface area contributed by atoms with E-state index < -0.39 is 0 Å². The fourth-order valence-corrected chi connectivity index (χ4v) is 2.57. The third kappa shape index (κ3) is 3.01. The number of anilines is 1. The lowest BCUT2D eigenvalue weighted by Crippen LogP contribution is -2.41. The monoisotopic (exact) mass is 282 g/mol. The van der Waals surface area contributed by atoms with E-state index in [0.717, 1.165) is 12.1 Å². The lowest BCUT2D eigenvalue weighted by atomic mass is 10.2. The van der Waals surface area contributed by atoms with Crippen molar-refractivity contribution in [2.24, 2.45) is 0 Å². The van der Waals surface area contributed by atoms with Gasteiger partial charge in [-0.25, -0.2) is 0 Å². The van der Waals surface area contributed by atoms with E-state index in [-0.39, 0.29) is 11.9 Å². The summed E-state index contributed by atoms with van der Waals surface area (Å²) in [6.45, 7) is 4.80. The molecule has 1 N–H and O–H groups in total. The maximum absolute atomic E-state index is 12.3. The van der Waals surface area contributed by atoms with Gasteiger partial charge in [-0.2, -0.15) is 0 Å². The summed E-state index contributed by atoms with van der Waals surface area (Å²) < 4.78 is 5.12. The minimum Gasteiger partial charge on any atom is -0.495 e. The first kappa shape index (κ1) is 14.2. The van der Waals surface area contributed by atoms with Gasteiger partial charge in [0, 0.05) is 18.3 Å². The number of carbonyl (C=O) groups is 1. The summed E-state index contributed by atoms with van der Waals surface area (Å²) in [4.78, 5) is 14.1. The number of nitrogens with one attached hydrogen (secondary N) is 1. The summed E-state index contributed by atoms with van der Waals surface area (Å²) in [7, 11) is 1.57. The van der Waals surface area contributed by atoms with Crippen LogP contribution in [0.4, 0.5) is 5.69 Å². The number of benzene rings is 1. The molecule has 1 aromatic rings. The number of nitrogens with zero attached hydrogens (tertiary/aromatic N) is 1. The minimum atomic E-state index is -0.0964. The third-order valence-electron chi connectivity index (χ3n) is 3.19. The number of hydrogen-bond acceptors (Lipinski definition) is 3. The van der Waals surface area contributed by atoms with Crippen LogP contribution in [-0.2, 0) is 4.79 Å². The number of methoxy groups -OCH3 is 1. The van der Waals surface area contributed by atoms with Gasteiger partial charge in [-0.3, -0.25) is 4.79 Å². The predicted molar refractivity (Wildman–Crippen MR) is 77.0 cm³/mol. The first-order valence-corrected chi connectivity index (χ1v) is 6.81. The molecular formula is C14H19ClN2O2. The fraction of sp³-hybridized carbons (Fsp3) is 0.500. The maximum atomic E-state index is 12.3. The number of rotatable bonds is 4. The molecule has 1 saturated heterocycles. The van der Waals surface area contributed by atoms with Gasteiger partial charge in [-0.15, -0.1) is 0 Å². The SMILES string of the molecule is COc1ccc(N2CCC(NC(C)C)C2=O)cc1Cl. The van der Waals surface area contributed by atoms with Crippen molar-refractivity contribution >= 4 is 23.2 Å². The summed E-state index contributed by atoms with van der Waals surface area (Å²) in [6, 6.07) is 5.62. The van der Waals surface area contributed by atoms with Crippen LogP contribution < -0.4 is 15.0 Å². The Kier molecular flexibility index (Phi) is 4.32. The van der Waals surface area contributed by atoms with Gasteiger partial charge in [0.1, 0.15) is 5.75 Å². The standard InChI is InChI=1S/C14H19ClN2O2/c1-9(2)16-12-6-7-17(14(12)18)10-4-5-13(19-3)11(15)8-10/h4-5,8-9,12,16H,6-7H2,1-3H3. The molecule has 104 valence electrons. The lowest BCUT2D eigenvalue weighted by Gasteiger charge is -2.19. The fourth-order valence-electron chi connectivity index (χ4n) is 2.32. The second-order valence-corrected chi connectivity index (χ2v) is 5.38. The first-order chi connectivity index (χ1) is 9.02. The van der Waals surface area contributed by atoms with Crippen molar-refractivity contribution in [1.29, 1.82) is 0 Å². The molecular weight excluding hydrogens is 264 g/mol. The summed E-state index contributed by atoms with van der Waals surface area (Å²) >= 11 is 6.10. The van der Waals surface area contributed by atoms with Crippen molar-refractivity contribution in [3.63, 3.8) is 0 Å². The largest absolute Gasteiger partial charge is 0.495 e. The topological polar surface area (TPSA) is 41.6 Å². The van der Waals surface area contributed by atoms with Gasteiger partial charge < -0.3 is 15.0 Å². The van der Waals surface area contributed by atoms with Crippen molar-refractivity contribution in [3.8, 4) is 5.75 Å². The Morgan fingerprint density at radius 1 is 1.47 bits per heavy atom. The Balaban J connectivity index is 2.15. The van der Waals surface area contributed by atoms with Gasteiger partial charge in [0.2, 0.25) is 5.91 Å². The summed E-state index contributed by atoms with van der Waals surface area (Å²) in [5.74, 6) is 0.726. The van der Waals surface area contributed by atoms with E-state index in [2.05, 4.69) is 5.32 Å². The van der Waals surface area contributed by atoms with Crippen LogP contribution in [-0.4, -0.2) is 31.6 Å². The molecule has 0 radical (unpaired) electrons. The van der Waals surface area contributed by atoms with Gasteiger partial charge in [0.15, 0.2) is 0 Å². The highest BCUT2D eigenvalue weighted by molar-refractivity contribution is 6.32. The average Bonchev–Trinajstić information content (AvgIpc) is 2.70. The van der Waals surface area contributed by atoms with Crippen molar-refractivity contribution in [1.82, 2.24) is 5.32 Å². The molecule has 1 aromatic carbocycles. The Hall–Kier alpha value is -1.26. The van der Waals surface area contributed by atoms with Gasteiger partial charge in [0.05, 0.1) is 18.2 Å². The lowest BCUT2D eigenvalue weighted by molar-refractivity contribution is -0.118. The molecule has 0 aromatic heterocycles. The zero-order valence-corrected chi connectivity index (χ0v) is 12.2. The van der Waals surface area contributed by atoms with Crippen molar-refractivity contribution in [2.45, 2.75) is 32.4 Å². The number of carbonyl (C=O) groups excluding carboxylic acids is 1. The molecule has 1 heterocycles. The van der Waals surface area contributed by atoms with E-state index in [1.807, 2.05) is 19.9 Å². The number of ether oxygens (including phenoxy) is 1. The zero-order chi connectivity index (χ0) is 14.0. The van der Waals surface area contributed by atoms with Gasteiger partial charge in [0.25, 0.3) is 0 Å². The number of hydrogen-bond donors (Lipinski definition) is 1. The molecule has 1 unspecified atom stereocenters. The van der Waals surface area contributed by atoms with Crippen molar-refractivity contribution in [2.75, 3.05) is 18.6 Å². The molecule has 1 aliphatic rings. The normalized spacial score (nSPS) is 19.3. The van der Waals surface area contributed by atoms with E-state index in [0.29, 0.717) is 23.4 Å². The van der Waals surface area contributed by atoms with Gasteiger partial charge >= 0.3 is 0 Å². The van der Waals surface area contributed by atoms with E-state index in [1.54, 1.807) is 24.1 Å². The second-order valence-electron chi connectivity index (χ2n) is 4.97. The average molecular weight is 283 g/mol. The molecule has 0 spiro atoms. The predicted octanol–water partition coefficient (Wildman–Crippen LogP) is 2.45. The summed E-state index contributed by atoms with van der Waals surface area (Å²) in [6.07, 6.45) is 0.820. The van der Waals surface area contributed by atoms with Gasteiger partial charge in [-0.1, -0.05) is 25.4 Å². The van der Waals surface area contributed by atoms with Crippen LogP contribution in [0.5, 0.6) is 5.75 Å². The van der Waals surface area contributed by atoms with Crippen LogP contribution >= 0.6 is 11.6 Å². The summed E-state index contributed by atoms with van der Waals surface area (Å²) in [5, 5.41) is 3.80. The highest BCUT2D eigenvalue weighted by Crippen LogP contribution is 2.31. The van der Waals surface area contributed by atoms with Crippen LogP contribution in [0.3, 0.4) is 0 Å². The minimum absolute atomic E-state index is 0.0964. The van der Waals surface area contributed by atoms with Crippen LogP contribution in [0.2, 0.25) is 5.02 Å². The Labute approximate surface area is 118 Å². The Morgan fingerprint density at radius 2 is 2.21 bits per heavy atom. The van der Waals surface area contributed by atoms with Crippen LogP contribution in [0.15, 0.2) is 18.2 Å². The molecule has 1 atom stereocenters. The zero-order valence-electron chi connectivity index (χ0n) is 11.4. The van der Waals surface area contributed by atoms with Gasteiger partial charge in [-0.05, 0) is 24.6 Å². The molecule has 4 nitrogen and oxygen atoms in total. The van der Waals surface area contributed by atoms with E-state index >= 15 is 0 Å². The van der Waals surface area contributed by atoms with Crippen LogP contribution in [0, 0.1) is 0 Å². The Bertz CT molecular complexity index is 477. The maximum Gasteiger partial charge on any atom is 0.244 e. The first-order valence-electron chi connectivity index (χ1n) is 6.44. The number of amides is 1. The number of halogens is 1. The summed E-state index contributed by atoms with van der Waals surface area (Å²) in [5.41, 5.74) is 0.823. The molecule has 19 heavy (non-hydrogen) atoms. The highest BCUT2D eigenvalue weighted by atomic mass is 35.5. The van der Waals surface area contributed by atoms with Crippen molar-refractivity contribution < 1.29 is 9.53 Å². The third-order valence-corrected chi connectivity index (χ3v) is 3.48.